The molecule has 13 heteroatoms. The number of fused-ring (bicyclic) bond motifs is 2. The lowest BCUT2D eigenvalue weighted by Gasteiger charge is -2.11. The van der Waals surface area contributed by atoms with E-state index in [1.54, 1.807) is 0 Å². The van der Waals surface area contributed by atoms with Gasteiger partial charge in [0.2, 0.25) is 0 Å². The Bertz CT molecular complexity index is 2640. The average Bonchev–Trinajstić information content (AvgIpc) is 4.05. The van der Waals surface area contributed by atoms with Gasteiger partial charge in [-0.1, -0.05) is 54.6 Å². The fourth-order valence-electron chi connectivity index (χ4n) is 7.80. The second-order valence-corrected chi connectivity index (χ2v) is 17.2. The number of hydrogen-bond donors (Lipinski definition) is 0. The maximum absolute atomic E-state index is 8.00. The van der Waals surface area contributed by atoms with Crippen LogP contribution in [0.4, 0.5) is 33.1 Å². The molecule has 0 bridgehead atoms. The van der Waals surface area contributed by atoms with E-state index in [1.165, 1.54) is 58.6 Å². The molecule has 0 atom stereocenters. The van der Waals surface area contributed by atoms with Crippen molar-refractivity contribution < 1.29 is 46.4 Å². The first kappa shape index (κ1) is 48.8. The topological polar surface area (TPSA) is 41.3 Å². The molecule has 0 spiro atoms. The number of halogens is 6. The number of benzene rings is 5. The van der Waals surface area contributed by atoms with Crippen molar-refractivity contribution >= 4 is 59.7 Å². The van der Waals surface area contributed by atoms with Gasteiger partial charge in [0.05, 0.1) is 26.4 Å². The Balaban J connectivity index is 0.00000123. The summed E-state index contributed by atoms with van der Waals surface area (Å²) in [6, 6.07) is 36.9. The largest absolute Gasteiger partial charge is 0.494 e. The summed E-state index contributed by atoms with van der Waals surface area (Å²) in [5.74, 6) is 3.49. The van der Waals surface area contributed by atoms with E-state index in [-0.39, 0.29) is 0 Å². The minimum atomic E-state index is 0.473. The minimum absolute atomic E-state index is 0.473. The average molecular weight is 916 g/mol. The minimum Gasteiger partial charge on any atom is -0.494 e. The summed E-state index contributed by atoms with van der Waals surface area (Å²) in [6.45, 7) is 17.8. The summed E-state index contributed by atoms with van der Waals surface area (Å²) in [6.07, 6.45) is 8.09. The summed E-state index contributed by atoms with van der Waals surface area (Å²) in [7, 11) is 0. The number of ether oxygens (including phenoxy) is 4. The van der Waals surface area contributed by atoms with Gasteiger partial charge < -0.3 is 18.9 Å². The normalized spacial score (nSPS) is 11.7. The highest BCUT2D eigenvalue weighted by Gasteiger charge is 2.25. The Hall–Kier alpha value is -6.23. The Morgan fingerprint density at radius 2 is 1.02 bits per heavy atom. The van der Waals surface area contributed by atoms with Crippen molar-refractivity contribution in [1.29, 1.82) is 0 Å². The molecule has 0 saturated heterocycles. The summed E-state index contributed by atoms with van der Waals surface area (Å²) in [5.41, 5.74) is 9.75. The number of rotatable bonds is 17. The SMILES string of the molecule is FF.FF.FF.[C-]#[N+]c1ccc(-c2ccc(OCc3ccc(OCCCOc4ccc5c(C6=C(c7c(C)sc8cc(OCCCC=C)ccc78)CCC6)c(C)sc5c4)cc3)cc2)cc1. The first-order valence-electron chi connectivity index (χ1n) is 20.5. The van der Waals surface area contributed by atoms with Crippen LogP contribution in [-0.2, 0) is 6.61 Å². The standard InChI is InChI=1S/C51H47NO4S2.3F2/c1-5-6-7-28-54-42-24-26-46-48(31-42)57-34(2)50(46)44-10-8-11-45(44)51-35(3)58-49-32-43(25-27-47(49)51)55-30-9-29-53-40-20-12-36(13-21-40)33-56-41-22-16-38(17-23-41)37-14-18-39(52-4)19-15-37;3*1-2/h5,12-27,31-32H,1,6-11,28-30,33H2,2-3H3;;;. The van der Waals surface area contributed by atoms with Crippen LogP contribution in [0.25, 0.3) is 47.3 Å². The van der Waals surface area contributed by atoms with Gasteiger partial charge in [0, 0.05) is 63.8 Å². The van der Waals surface area contributed by atoms with E-state index in [9.17, 15) is 0 Å². The van der Waals surface area contributed by atoms with E-state index in [1.807, 2.05) is 102 Å². The monoisotopic (exact) mass is 915 g/mol. The Morgan fingerprint density at radius 1 is 0.578 bits per heavy atom. The highest BCUT2D eigenvalue weighted by Crippen LogP contribution is 2.49. The molecule has 64 heavy (non-hydrogen) atoms. The molecule has 0 unspecified atom stereocenters. The van der Waals surface area contributed by atoms with Crippen LogP contribution >= 0.6 is 22.7 Å². The smallest absolute Gasteiger partial charge is 0.187 e. The number of allylic oxidation sites excluding steroid dienone is 3. The van der Waals surface area contributed by atoms with E-state index in [2.05, 4.69) is 61.7 Å². The Kier molecular flexibility index (Phi) is 19.2. The van der Waals surface area contributed by atoms with Crippen molar-refractivity contribution in [3.8, 4) is 34.1 Å². The van der Waals surface area contributed by atoms with Gasteiger partial charge in [0.15, 0.2) is 5.69 Å². The fourth-order valence-corrected chi connectivity index (χ4v) is 10.0. The van der Waals surface area contributed by atoms with E-state index < -0.39 is 0 Å². The molecular weight excluding hydrogens is 869 g/mol. The van der Waals surface area contributed by atoms with Crippen LogP contribution in [-0.4, -0.2) is 19.8 Å². The molecular formula is C51H47F6NO4S2. The lowest BCUT2D eigenvalue weighted by atomic mass is 9.93. The van der Waals surface area contributed by atoms with Crippen LogP contribution in [0.5, 0.6) is 23.0 Å². The lowest BCUT2D eigenvalue weighted by Crippen LogP contribution is -2.05. The fraction of sp³-hybridized carbons (Fsp3) is 0.235. The predicted molar refractivity (Wildman–Crippen MR) is 250 cm³/mol. The summed E-state index contributed by atoms with van der Waals surface area (Å²) < 4.78 is 74.9. The summed E-state index contributed by atoms with van der Waals surface area (Å²) >= 11 is 3.75. The maximum atomic E-state index is 8.00. The van der Waals surface area contributed by atoms with E-state index in [4.69, 9.17) is 53.0 Å². The lowest BCUT2D eigenvalue weighted by molar-refractivity contribution is 0.108. The highest BCUT2D eigenvalue weighted by molar-refractivity contribution is 7.19. The van der Waals surface area contributed by atoms with Crippen molar-refractivity contribution in [2.45, 2.75) is 59.0 Å². The Morgan fingerprint density at radius 3 is 1.52 bits per heavy atom. The number of hydrogen-bond acceptors (Lipinski definition) is 6. The third kappa shape index (κ3) is 12.3. The molecule has 0 aliphatic heterocycles. The van der Waals surface area contributed by atoms with Crippen LogP contribution in [0, 0.1) is 20.4 Å². The highest BCUT2D eigenvalue weighted by atomic mass is 32.1. The molecule has 1 aliphatic rings. The zero-order valence-electron chi connectivity index (χ0n) is 35.4. The first-order chi connectivity index (χ1) is 31.5. The van der Waals surface area contributed by atoms with Crippen molar-refractivity contribution in [3.63, 3.8) is 0 Å². The quantitative estimate of drug-likeness (QED) is 0.0395. The number of unbranched alkanes of at least 4 members (excludes halogenated alkanes) is 1. The summed E-state index contributed by atoms with van der Waals surface area (Å²) in [4.78, 5) is 6.22. The third-order valence-corrected chi connectivity index (χ3v) is 12.8. The molecule has 0 saturated carbocycles. The van der Waals surface area contributed by atoms with Crippen molar-refractivity contribution in [2.75, 3.05) is 19.8 Å². The first-order valence-corrected chi connectivity index (χ1v) is 22.1. The Labute approximate surface area is 377 Å². The molecule has 0 N–H and O–H groups in total. The van der Waals surface area contributed by atoms with E-state index in [0.717, 1.165) is 71.8 Å². The van der Waals surface area contributed by atoms with E-state index >= 15 is 0 Å². The molecule has 0 radical (unpaired) electrons. The molecule has 0 amide bonds. The van der Waals surface area contributed by atoms with Gasteiger partial charge in [0.1, 0.15) is 29.6 Å². The van der Waals surface area contributed by atoms with Crippen LogP contribution in [0.2, 0.25) is 0 Å². The van der Waals surface area contributed by atoms with Gasteiger partial charge in [-0.05, 0) is 146 Å². The second kappa shape index (κ2) is 25.2. The van der Waals surface area contributed by atoms with Gasteiger partial charge in [-0.3, -0.25) is 0 Å². The number of aryl methyl sites for hydroxylation is 2. The molecule has 334 valence electrons. The number of nitrogens with zero attached hydrogens (tertiary/aromatic N) is 1. The van der Waals surface area contributed by atoms with Crippen LogP contribution in [0.15, 0.2) is 122 Å². The molecule has 2 aromatic heterocycles. The molecule has 5 nitrogen and oxygen atoms in total. The molecule has 2 heterocycles. The zero-order chi connectivity index (χ0) is 45.8. The van der Waals surface area contributed by atoms with Gasteiger partial charge in [-0.15, -0.1) is 29.3 Å². The molecule has 1 aliphatic carbocycles. The zero-order valence-corrected chi connectivity index (χ0v) is 37.0. The maximum Gasteiger partial charge on any atom is 0.187 e. The third-order valence-electron chi connectivity index (χ3n) is 10.7. The van der Waals surface area contributed by atoms with Gasteiger partial charge in [-0.25, -0.2) is 4.85 Å². The van der Waals surface area contributed by atoms with Gasteiger partial charge in [-0.2, -0.15) is 0 Å². The van der Waals surface area contributed by atoms with Gasteiger partial charge in [0.25, 0.3) is 0 Å². The second-order valence-electron chi connectivity index (χ2n) is 14.6. The van der Waals surface area contributed by atoms with Crippen molar-refractivity contribution in [3.05, 3.63) is 160 Å². The van der Waals surface area contributed by atoms with Crippen molar-refractivity contribution in [1.82, 2.24) is 0 Å². The molecule has 7 aromatic rings. The molecule has 5 aromatic carbocycles. The predicted octanol–water partition coefficient (Wildman–Crippen LogP) is 17.3. The van der Waals surface area contributed by atoms with Crippen LogP contribution < -0.4 is 18.9 Å². The van der Waals surface area contributed by atoms with Crippen LogP contribution in [0.3, 0.4) is 0 Å². The molecule has 0 fully saturated rings. The molecule has 8 rings (SSSR count). The summed E-state index contributed by atoms with van der Waals surface area (Å²) in [5, 5.41) is 2.67. The van der Waals surface area contributed by atoms with Gasteiger partial charge >= 0.3 is 0 Å². The van der Waals surface area contributed by atoms with Crippen LogP contribution in [0.1, 0.15) is 65.0 Å². The number of thiophene rings is 2. The van der Waals surface area contributed by atoms with E-state index in [0.29, 0.717) is 32.1 Å². The van der Waals surface area contributed by atoms with Crippen molar-refractivity contribution in [2.24, 2.45) is 0 Å².